The maximum absolute atomic E-state index is 12.8. The second-order valence-corrected chi connectivity index (χ2v) is 17.2. The highest BCUT2D eigenvalue weighted by molar-refractivity contribution is 7.85. The van der Waals surface area contributed by atoms with Crippen LogP contribution in [0.15, 0.2) is 60.8 Å². The Morgan fingerprint density at radius 2 is 1.00 bits per heavy atom. The fraction of sp³-hybridized carbons (Fsp3) is 0.745. The monoisotopic (exact) mass is 869 g/mol. The standard InChI is InChI=1S/C47H80O12S/c1-3-5-7-9-11-13-15-17-19-20-22-24-26-28-30-32-34-36-43(49)58-40(38-57-47-46(52)45(51)44(50)41(59-47)39-60(53,54)55)37-56-42(48)35-33-31-29-27-25-23-21-18-16-14-12-10-8-6-4-2/h11-14,17-19,21-22,24,40-41,44-47,50-52H,3-10,15-16,20,23,25-39H2,1-2H3,(H,53,54,55)/b13-11+,14-12+,19-17+,21-18+,24-22+/t40-,41-,44-,45?,46?,47+/m1/s1. The topological polar surface area (TPSA) is 186 Å². The number of hydrogen-bond acceptors (Lipinski definition) is 11. The predicted molar refractivity (Wildman–Crippen MR) is 238 cm³/mol. The van der Waals surface area contributed by atoms with E-state index < -0.39 is 71.2 Å². The van der Waals surface area contributed by atoms with E-state index in [2.05, 4.69) is 74.6 Å². The summed E-state index contributed by atoms with van der Waals surface area (Å²) in [4.78, 5) is 25.4. The van der Waals surface area contributed by atoms with Crippen LogP contribution in [-0.4, -0.2) is 96.0 Å². The average Bonchev–Trinajstić information content (AvgIpc) is 3.21. The molecule has 1 aliphatic heterocycles. The number of hydrogen-bond donors (Lipinski definition) is 4. The lowest BCUT2D eigenvalue weighted by Crippen LogP contribution is -2.60. The number of rotatable bonds is 37. The van der Waals surface area contributed by atoms with E-state index in [0.29, 0.717) is 12.8 Å². The van der Waals surface area contributed by atoms with E-state index in [0.717, 1.165) is 89.9 Å². The molecule has 346 valence electrons. The number of allylic oxidation sites excluding steroid dienone is 10. The molecule has 1 fully saturated rings. The first-order valence-electron chi connectivity index (χ1n) is 22.8. The zero-order chi connectivity index (χ0) is 44.1. The highest BCUT2D eigenvalue weighted by Gasteiger charge is 2.46. The molecule has 0 radical (unpaired) electrons. The third kappa shape index (κ3) is 31.2. The number of carbonyl (C=O) groups excluding carboxylic acids is 2. The lowest BCUT2D eigenvalue weighted by Gasteiger charge is -2.40. The first-order valence-corrected chi connectivity index (χ1v) is 24.5. The minimum atomic E-state index is -4.61. The molecule has 1 heterocycles. The van der Waals surface area contributed by atoms with Crippen molar-refractivity contribution in [3.63, 3.8) is 0 Å². The zero-order valence-corrected chi connectivity index (χ0v) is 37.6. The van der Waals surface area contributed by atoms with Gasteiger partial charge in [0.1, 0.15) is 36.8 Å². The van der Waals surface area contributed by atoms with Crippen molar-refractivity contribution in [2.45, 2.75) is 205 Å². The maximum atomic E-state index is 12.8. The third-order valence-electron chi connectivity index (χ3n) is 10.1. The van der Waals surface area contributed by atoms with E-state index in [-0.39, 0.29) is 19.4 Å². The molecule has 0 spiro atoms. The molecule has 0 aromatic carbocycles. The Balaban J connectivity index is 2.48. The molecule has 0 amide bonds. The highest BCUT2D eigenvalue weighted by Crippen LogP contribution is 2.24. The fourth-order valence-electron chi connectivity index (χ4n) is 6.48. The molecule has 1 rings (SSSR count). The summed E-state index contributed by atoms with van der Waals surface area (Å²) in [5, 5.41) is 30.9. The van der Waals surface area contributed by atoms with Crippen LogP contribution in [0.1, 0.15) is 168 Å². The summed E-state index contributed by atoms with van der Waals surface area (Å²) in [7, 11) is -4.61. The van der Waals surface area contributed by atoms with Crippen LogP contribution in [0.4, 0.5) is 0 Å². The molecule has 12 nitrogen and oxygen atoms in total. The van der Waals surface area contributed by atoms with Gasteiger partial charge in [0.05, 0.1) is 6.61 Å². The predicted octanol–water partition coefficient (Wildman–Crippen LogP) is 9.34. The Bertz CT molecular complexity index is 1340. The Labute approximate surface area is 362 Å². The van der Waals surface area contributed by atoms with Gasteiger partial charge in [-0.25, -0.2) is 0 Å². The Morgan fingerprint density at radius 3 is 1.48 bits per heavy atom. The van der Waals surface area contributed by atoms with Crippen LogP contribution in [0, 0.1) is 0 Å². The summed E-state index contributed by atoms with van der Waals surface area (Å²) >= 11 is 0. The average molecular weight is 869 g/mol. The number of esters is 2. The van der Waals surface area contributed by atoms with Crippen molar-refractivity contribution in [1.82, 2.24) is 0 Å². The van der Waals surface area contributed by atoms with Gasteiger partial charge in [0.15, 0.2) is 12.4 Å². The van der Waals surface area contributed by atoms with E-state index in [4.69, 9.17) is 18.9 Å². The van der Waals surface area contributed by atoms with E-state index in [9.17, 15) is 37.9 Å². The largest absolute Gasteiger partial charge is 0.462 e. The first-order chi connectivity index (χ1) is 29.0. The van der Waals surface area contributed by atoms with Gasteiger partial charge in [-0.15, -0.1) is 0 Å². The molecular weight excluding hydrogens is 789 g/mol. The molecule has 0 bridgehead atoms. The van der Waals surface area contributed by atoms with E-state index in [1.165, 1.54) is 38.5 Å². The zero-order valence-electron chi connectivity index (χ0n) is 36.8. The summed E-state index contributed by atoms with van der Waals surface area (Å²) < 4.78 is 54.0. The lowest BCUT2D eigenvalue weighted by molar-refractivity contribution is -0.297. The van der Waals surface area contributed by atoms with Crippen LogP contribution in [0.5, 0.6) is 0 Å². The smallest absolute Gasteiger partial charge is 0.306 e. The van der Waals surface area contributed by atoms with Crippen molar-refractivity contribution in [2.24, 2.45) is 0 Å². The summed E-state index contributed by atoms with van der Waals surface area (Å²) in [6.45, 7) is 3.67. The van der Waals surface area contributed by atoms with Crippen LogP contribution in [0.2, 0.25) is 0 Å². The lowest BCUT2D eigenvalue weighted by atomic mass is 10.00. The Kier molecular flexibility index (Phi) is 34.1. The number of unbranched alkanes of at least 4 members (excludes halogenated alkanes) is 15. The van der Waals surface area contributed by atoms with Gasteiger partial charge in [-0.1, -0.05) is 132 Å². The second kappa shape index (κ2) is 37.0. The second-order valence-electron chi connectivity index (χ2n) is 15.7. The van der Waals surface area contributed by atoms with Crippen molar-refractivity contribution in [1.29, 1.82) is 0 Å². The first kappa shape index (κ1) is 55.4. The molecule has 2 unspecified atom stereocenters. The third-order valence-corrected chi connectivity index (χ3v) is 10.8. The molecule has 0 aliphatic carbocycles. The van der Waals surface area contributed by atoms with Crippen LogP contribution < -0.4 is 0 Å². The summed E-state index contributed by atoms with van der Waals surface area (Å²) in [5.41, 5.74) is 0. The molecule has 60 heavy (non-hydrogen) atoms. The van der Waals surface area contributed by atoms with Gasteiger partial charge in [-0.3, -0.25) is 14.1 Å². The van der Waals surface area contributed by atoms with E-state index in [1.807, 2.05) is 0 Å². The molecule has 0 saturated carbocycles. The molecule has 4 N–H and O–H groups in total. The van der Waals surface area contributed by atoms with Crippen molar-refractivity contribution in [3.8, 4) is 0 Å². The van der Waals surface area contributed by atoms with Crippen LogP contribution in [0.25, 0.3) is 0 Å². The highest BCUT2D eigenvalue weighted by atomic mass is 32.2. The number of aliphatic hydroxyl groups is 3. The number of ether oxygens (including phenoxy) is 4. The van der Waals surface area contributed by atoms with E-state index >= 15 is 0 Å². The summed E-state index contributed by atoms with van der Waals surface area (Å²) in [6, 6.07) is 0. The molecule has 13 heteroatoms. The van der Waals surface area contributed by atoms with Gasteiger partial charge >= 0.3 is 11.9 Å². The number of carbonyl (C=O) groups is 2. The molecule has 0 aromatic rings. The van der Waals surface area contributed by atoms with E-state index in [1.54, 1.807) is 0 Å². The fourth-order valence-corrected chi connectivity index (χ4v) is 7.17. The minimum absolute atomic E-state index is 0.133. The molecule has 1 saturated heterocycles. The van der Waals surface area contributed by atoms with Crippen molar-refractivity contribution >= 4 is 22.1 Å². The van der Waals surface area contributed by atoms with Crippen molar-refractivity contribution in [3.05, 3.63) is 60.8 Å². The molecule has 6 atom stereocenters. The molecule has 1 aliphatic rings. The Hall–Kier alpha value is -2.65. The quantitative estimate of drug-likeness (QED) is 0.0201. The van der Waals surface area contributed by atoms with Gasteiger partial charge < -0.3 is 34.3 Å². The van der Waals surface area contributed by atoms with Crippen LogP contribution in [0.3, 0.4) is 0 Å². The van der Waals surface area contributed by atoms with Crippen LogP contribution >= 0.6 is 0 Å². The maximum Gasteiger partial charge on any atom is 0.306 e. The van der Waals surface area contributed by atoms with Gasteiger partial charge in [0, 0.05) is 12.8 Å². The van der Waals surface area contributed by atoms with Crippen molar-refractivity contribution in [2.75, 3.05) is 19.0 Å². The summed E-state index contributed by atoms with van der Waals surface area (Å²) in [6.07, 6.45) is 35.4. The summed E-state index contributed by atoms with van der Waals surface area (Å²) in [5.74, 6) is -2.04. The minimum Gasteiger partial charge on any atom is -0.462 e. The van der Waals surface area contributed by atoms with Crippen LogP contribution in [-0.2, 0) is 38.7 Å². The Morgan fingerprint density at radius 1 is 0.567 bits per heavy atom. The van der Waals surface area contributed by atoms with Gasteiger partial charge in [-0.2, -0.15) is 8.42 Å². The normalized spacial score (nSPS) is 20.7. The molecule has 0 aromatic heterocycles. The van der Waals surface area contributed by atoms with Gasteiger partial charge in [0.2, 0.25) is 0 Å². The molecular formula is C47H80O12S. The van der Waals surface area contributed by atoms with Crippen molar-refractivity contribution < 1.29 is 56.8 Å². The SMILES string of the molecule is CCCCC/C=C/C/C=C/C/C=C/CCCCCCC(=O)O[C@H](COC(=O)CCCCCCC/C=C/C/C=C/CCCCC)CO[C@H]1O[C@H](CS(=O)(=O)O)[C@@H](O)C(O)C1O. The van der Waals surface area contributed by atoms with Gasteiger partial charge in [-0.05, 0) is 83.5 Å². The van der Waals surface area contributed by atoms with Gasteiger partial charge in [0.25, 0.3) is 10.1 Å². The number of aliphatic hydroxyl groups excluding tert-OH is 3.